The summed E-state index contributed by atoms with van der Waals surface area (Å²) in [5.41, 5.74) is 4.21. The standard InChI is InChI=1S/C17H18N2O4/c1-3-21-17(20)19-5-4-13-12(8-19)10(2)11-6-15-16(23-9-22-15)7-14(11)18-13/h6-7H,3-5,8-9H2,1-2H3. The van der Waals surface area contributed by atoms with Crippen LogP contribution < -0.4 is 9.47 Å². The predicted molar refractivity (Wildman–Crippen MR) is 83.7 cm³/mol. The maximum atomic E-state index is 12.0. The van der Waals surface area contributed by atoms with Gasteiger partial charge in [0.05, 0.1) is 18.7 Å². The zero-order chi connectivity index (χ0) is 16.0. The molecule has 120 valence electrons. The van der Waals surface area contributed by atoms with Gasteiger partial charge in [0.1, 0.15) is 0 Å². The van der Waals surface area contributed by atoms with Crippen molar-refractivity contribution in [2.75, 3.05) is 19.9 Å². The molecule has 6 nitrogen and oxygen atoms in total. The number of hydrogen-bond donors (Lipinski definition) is 0. The molecule has 0 spiro atoms. The molecule has 0 N–H and O–H groups in total. The van der Waals surface area contributed by atoms with Crippen molar-refractivity contribution in [1.82, 2.24) is 9.88 Å². The number of benzene rings is 1. The number of fused-ring (bicyclic) bond motifs is 3. The quantitative estimate of drug-likeness (QED) is 0.810. The van der Waals surface area contributed by atoms with Crippen molar-refractivity contribution in [3.05, 3.63) is 29.0 Å². The largest absolute Gasteiger partial charge is 0.454 e. The summed E-state index contributed by atoms with van der Waals surface area (Å²) in [6.07, 6.45) is 0.475. The third-order valence-corrected chi connectivity index (χ3v) is 4.44. The molecule has 4 rings (SSSR count). The Balaban J connectivity index is 1.77. The Morgan fingerprint density at radius 2 is 2.13 bits per heavy atom. The van der Waals surface area contributed by atoms with Gasteiger partial charge in [-0.2, -0.15) is 0 Å². The van der Waals surface area contributed by atoms with E-state index in [1.807, 2.05) is 19.1 Å². The van der Waals surface area contributed by atoms with Crippen LogP contribution in [0, 0.1) is 6.92 Å². The molecule has 2 aliphatic rings. The molecule has 0 fully saturated rings. The minimum Gasteiger partial charge on any atom is -0.454 e. The Morgan fingerprint density at radius 3 is 2.91 bits per heavy atom. The minimum absolute atomic E-state index is 0.251. The monoisotopic (exact) mass is 314 g/mol. The first-order chi connectivity index (χ1) is 11.2. The molecule has 1 aromatic carbocycles. The summed E-state index contributed by atoms with van der Waals surface area (Å²) in [6.45, 7) is 5.70. The van der Waals surface area contributed by atoms with Gasteiger partial charge >= 0.3 is 6.09 Å². The number of ether oxygens (including phenoxy) is 3. The van der Waals surface area contributed by atoms with Gasteiger partial charge in [-0.25, -0.2) is 4.79 Å². The van der Waals surface area contributed by atoms with Gasteiger partial charge in [0.15, 0.2) is 11.5 Å². The van der Waals surface area contributed by atoms with Crippen molar-refractivity contribution < 1.29 is 19.0 Å². The molecular formula is C17H18N2O4. The molecule has 23 heavy (non-hydrogen) atoms. The lowest BCUT2D eigenvalue weighted by Gasteiger charge is -2.29. The number of aromatic nitrogens is 1. The summed E-state index contributed by atoms with van der Waals surface area (Å²) in [5.74, 6) is 1.49. The van der Waals surface area contributed by atoms with Crippen LogP contribution in [0.15, 0.2) is 12.1 Å². The number of nitrogens with zero attached hydrogens (tertiary/aromatic N) is 2. The normalized spacial score (nSPS) is 15.7. The average molecular weight is 314 g/mol. The van der Waals surface area contributed by atoms with E-state index in [-0.39, 0.29) is 12.9 Å². The molecule has 0 radical (unpaired) electrons. The molecule has 0 atom stereocenters. The molecule has 0 aliphatic carbocycles. The Labute approximate surface area is 134 Å². The van der Waals surface area contributed by atoms with E-state index >= 15 is 0 Å². The second kappa shape index (κ2) is 5.30. The first-order valence-electron chi connectivity index (χ1n) is 7.80. The summed E-state index contributed by atoms with van der Waals surface area (Å²) in [6, 6.07) is 3.91. The van der Waals surface area contributed by atoms with Crippen molar-refractivity contribution in [3.63, 3.8) is 0 Å². The van der Waals surface area contributed by atoms with Crippen LogP contribution in [0.3, 0.4) is 0 Å². The second-order valence-corrected chi connectivity index (χ2v) is 5.76. The molecule has 3 heterocycles. The highest BCUT2D eigenvalue weighted by Crippen LogP contribution is 2.38. The molecule has 6 heteroatoms. The van der Waals surface area contributed by atoms with Crippen molar-refractivity contribution >= 4 is 17.0 Å². The van der Waals surface area contributed by atoms with Crippen LogP contribution in [0.2, 0.25) is 0 Å². The molecule has 0 saturated heterocycles. The molecule has 0 saturated carbocycles. The van der Waals surface area contributed by atoms with Crippen LogP contribution in [0.4, 0.5) is 4.79 Å². The van der Waals surface area contributed by atoms with Gasteiger partial charge in [0, 0.05) is 30.1 Å². The Morgan fingerprint density at radius 1 is 1.35 bits per heavy atom. The van der Waals surface area contributed by atoms with Crippen LogP contribution in [0.5, 0.6) is 11.5 Å². The number of amides is 1. The smallest absolute Gasteiger partial charge is 0.410 e. The highest BCUT2D eigenvalue weighted by molar-refractivity contribution is 5.87. The topological polar surface area (TPSA) is 60.9 Å². The average Bonchev–Trinajstić information content (AvgIpc) is 3.01. The maximum absolute atomic E-state index is 12.0. The van der Waals surface area contributed by atoms with Crippen molar-refractivity contribution in [1.29, 1.82) is 0 Å². The molecule has 2 aliphatic heterocycles. The van der Waals surface area contributed by atoms with Crippen LogP contribution in [-0.2, 0) is 17.7 Å². The van der Waals surface area contributed by atoms with Crippen LogP contribution >= 0.6 is 0 Å². The number of carbonyl (C=O) groups excluding carboxylic acids is 1. The van der Waals surface area contributed by atoms with E-state index in [1.54, 1.807) is 4.90 Å². The summed E-state index contributed by atoms with van der Waals surface area (Å²) in [4.78, 5) is 18.5. The van der Waals surface area contributed by atoms with Gasteiger partial charge in [-0.3, -0.25) is 4.98 Å². The van der Waals surface area contributed by atoms with Crippen molar-refractivity contribution in [2.45, 2.75) is 26.8 Å². The molecule has 1 aromatic heterocycles. The number of carbonyl (C=O) groups is 1. The molecule has 1 amide bonds. The first-order valence-corrected chi connectivity index (χ1v) is 7.80. The van der Waals surface area contributed by atoms with E-state index in [9.17, 15) is 4.79 Å². The Bertz CT molecular complexity index is 803. The van der Waals surface area contributed by atoms with Gasteiger partial charge in [-0.15, -0.1) is 0 Å². The van der Waals surface area contributed by atoms with E-state index in [0.717, 1.165) is 45.6 Å². The molecule has 2 aromatic rings. The Hall–Kier alpha value is -2.50. The lowest BCUT2D eigenvalue weighted by atomic mass is 9.97. The Kier molecular flexibility index (Phi) is 3.25. The van der Waals surface area contributed by atoms with E-state index in [0.29, 0.717) is 19.7 Å². The second-order valence-electron chi connectivity index (χ2n) is 5.76. The van der Waals surface area contributed by atoms with E-state index in [2.05, 4.69) is 6.92 Å². The zero-order valence-electron chi connectivity index (χ0n) is 13.2. The number of rotatable bonds is 1. The van der Waals surface area contributed by atoms with Crippen LogP contribution in [0.1, 0.15) is 23.7 Å². The molecule has 0 unspecified atom stereocenters. The number of aryl methyl sites for hydroxylation is 1. The fourth-order valence-electron chi connectivity index (χ4n) is 3.21. The van der Waals surface area contributed by atoms with Gasteiger partial charge < -0.3 is 19.1 Å². The minimum atomic E-state index is -0.261. The number of hydrogen-bond acceptors (Lipinski definition) is 5. The SMILES string of the molecule is CCOC(=O)N1CCc2nc3cc4c(cc3c(C)c2C1)OCO4. The molecular weight excluding hydrogens is 296 g/mol. The van der Waals surface area contributed by atoms with Gasteiger partial charge in [-0.1, -0.05) is 0 Å². The zero-order valence-corrected chi connectivity index (χ0v) is 13.2. The summed E-state index contributed by atoms with van der Waals surface area (Å²) < 4.78 is 16.0. The van der Waals surface area contributed by atoms with Crippen LogP contribution in [-0.4, -0.2) is 35.9 Å². The lowest BCUT2D eigenvalue weighted by Crippen LogP contribution is -2.37. The van der Waals surface area contributed by atoms with Crippen molar-refractivity contribution in [3.8, 4) is 11.5 Å². The fourth-order valence-corrected chi connectivity index (χ4v) is 3.21. The van der Waals surface area contributed by atoms with E-state index in [1.165, 1.54) is 0 Å². The fraction of sp³-hybridized carbons (Fsp3) is 0.412. The van der Waals surface area contributed by atoms with E-state index in [4.69, 9.17) is 19.2 Å². The predicted octanol–water partition coefficient (Wildman–Crippen LogP) is 2.79. The first kappa shape index (κ1) is 14.1. The van der Waals surface area contributed by atoms with Crippen molar-refractivity contribution in [2.24, 2.45) is 0 Å². The van der Waals surface area contributed by atoms with Gasteiger partial charge in [0.25, 0.3) is 0 Å². The van der Waals surface area contributed by atoms with Crippen LogP contribution in [0.25, 0.3) is 10.9 Å². The van der Waals surface area contributed by atoms with Gasteiger partial charge in [0.2, 0.25) is 6.79 Å². The summed E-state index contributed by atoms with van der Waals surface area (Å²) in [5, 5.41) is 1.04. The lowest BCUT2D eigenvalue weighted by molar-refractivity contribution is 0.102. The maximum Gasteiger partial charge on any atom is 0.410 e. The van der Waals surface area contributed by atoms with E-state index < -0.39 is 0 Å². The third-order valence-electron chi connectivity index (χ3n) is 4.44. The highest BCUT2D eigenvalue weighted by atomic mass is 16.7. The molecule has 0 bridgehead atoms. The highest BCUT2D eigenvalue weighted by Gasteiger charge is 2.26. The van der Waals surface area contributed by atoms with Gasteiger partial charge in [-0.05, 0) is 31.0 Å². The summed E-state index contributed by atoms with van der Waals surface area (Å²) in [7, 11) is 0. The third kappa shape index (κ3) is 2.25. The summed E-state index contributed by atoms with van der Waals surface area (Å²) >= 11 is 0. The number of pyridine rings is 1.